The van der Waals surface area contributed by atoms with Crippen LogP contribution in [0.4, 0.5) is 5.69 Å². The van der Waals surface area contributed by atoms with Crippen molar-refractivity contribution in [3.8, 4) is 0 Å². The maximum absolute atomic E-state index is 4.06. The van der Waals surface area contributed by atoms with E-state index in [1.807, 2.05) is 6.20 Å². The molecule has 2 N–H and O–H groups in total. The molecule has 3 rings (SSSR count). The Morgan fingerprint density at radius 2 is 2.11 bits per heavy atom. The van der Waals surface area contributed by atoms with Crippen molar-refractivity contribution in [3.05, 3.63) is 24.4 Å². The summed E-state index contributed by atoms with van der Waals surface area (Å²) >= 11 is 0. The second kappa shape index (κ2) is 5.01. The second-order valence-electron chi connectivity index (χ2n) is 5.44. The number of aromatic amines is 1. The first-order valence-corrected chi connectivity index (χ1v) is 7.05. The molecule has 0 bridgehead atoms. The normalized spacial score (nSPS) is 24.3. The van der Waals surface area contributed by atoms with Crippen molar-refractivity contribution in [2.75, 3.05) is 5.32 Å². The number of aromatic nitrogens is 2. The van der Waals surface area contributed by atoms with Crippen LogP contribution in [0, 0.1) is 5.92 Å². The molecule has 0 spiro atoms. The fourth-order valence-electron chi connectivity index (χ4n) is 2.98. The quantitative estimate of drug-likeness (QED) is 0.857. The number of hydrogen-bond acceptors (Lipinski definition) is 2. The molecule has 1 saturated carbocycles. The Bertz CT molecular complexity index is 509. The van der Waals surface area contributed by atoms with E-state index >= 15 is 0 Å². The predicted molar refractivity (Wildman–Crippen MR) is 75.8 cm³/mol. The van der Waals surface area contributed by atoms with Crippen molar-refractivity contribution in [3.63, 3.8) is 0 Å². The molecular weight excluding hydrogens is 222 g/mol. The van der Waals surface area contributed by atoms with Gasteiger partial charge in [-0.3, -0.25) is 5.10 Å². The fraction of sp³-hybridized carbons (Fsp3) is 0.533. The molecule has 3 nitrogen and oxygen atoms in total. The zero-order valence-corrected chi connectivity index (χ0v) is 10.9. The minimum Gasteiger partial charge on any atom is -0.382 e. The molecule has 0 unspecified atom stereocenters. The number of benzene rings is 1. The van der Waals surface area contributed by atoms with Crippen LogP contribution in [0.3, 0.4) is 0 Å². The molecule has 0 amide bonds. The summed E-state index contributed by atoms with van der Waals surface area (Å²) in [6.45, 7) is 2.31. The summed E-state index contributed by atoms with van der Waals surface area (Å²) in [7, 11) is 0. The smallest absolute Gasteiger partial charge is 0.0651 e. The van der Waals surface area contributed by atoms with E-state index in [1.165, 1.54) is 43.2 Å². The van der Waals surface area contributed by atoms with E-state index in [1.54, 1.807) is 0 Å². The fourth-order valence-corrected chi connectivity index (χ4v) is 2.98. The lowest BCUT2D eigenvalue weighted by molar-refractivity contribution is 0.330. The van der Waals surface area contributed by atoms with Crippen LogP contribution in [0.5, 0.6) is 0 Å². The maximum Gasteiger partial charge on any atom is 0.0651 e. The van der Waals surface area contributed by atoms with E-state index in [0.29, 0.717) is 6.04 Å². The zero-order valence-electron chi connectivity index (χ0n) is 10.9. The molecule has 0 saturated heterocycles. The van der Waals surface area contributed by atoms with E-state index in [0.717, 1.165) is 11.4 Å². The molecular formula is C15H21N3. The van der Waals surface area contributed by atoms with E-state index in [9.17, 15) is 0 Å². The summed E-state index contributed by atoms with van der Waals surface area (Å²) < 4.78 is 0. The lowest BCUT2D eigenvalue weighted by Gasteiger charge is -2.29. The Morgan fingerprint density at radius 1 is 1.28 bits per heavy atom. The van der Waals surface area contributed by atoms with Crippen LogP contribution in [0.2, 0.25) is 0 Å². The van der Waals surface area contributed by atoms with Gasteiger partial charge in [0.25, 0.3) is 0 Å². The number of anilines is 1. The number of nitrogens with zero attached hydrogens (tertiary/aromatic N) is 1. The van der Waals surface area contributed by atoms with E-state index < -0.39 is 0 Å². The Balaban J connectivity index is 1.65. The number of fused-ring (bicyclic) bond motifs is 1. The third-order valence-electron chi connectivity index (χ3n) is 4.24. The summed E-state index contributed by atoms with van der Waals surface area (Å²) in [5.74, 6) is 0.958. The summed E-state index contributed by atoms with van der Waals surface area (Å²) in [4.78, 5) is 0. The maximum atomic E-state index is 4.06. The number of H-pyrrole nitrogens is 1. The van der Waals surface area contributed by atoms with E-state index in [4.69, 9.17) is 0 Å². The third-order valence-corrected chi connectivity index (χ3v) is 4.24. The van der Waals surface area contributed by atoms with Gasteiger partial charge in [0.2, 0.25) is 0 Å². The second-order valence-corrected chi connectivity index (χ2v) is 5.44. The molecule has 1 aliphatic carbocycles. The van der Waals surface area contributed by atoms with E-state index in [2.05, 4.69) is 40.6 Å². The van der Waals surface area contributed by atoms with Crippen LogP contribution in [-0.2, 0) is 0 Å². The molecule has 1 aromatic carbocycles. The number of nitrogens with one attached hydrogen (secondary N) is 2. The van der Waals surface area contributed by atoms with E-state index in [-0.39, 0.29) is 0 Å². The van der Waals surface area contributed by atoms with Crippen LogP contribution in [-0.4, -0.2) is 16.2 Å². The van der Waals surface area contributed by atoms with Crippen molar-refractivity contribution < 1.29 is 0 Å². The van der Waals surface area contributed by atoms with Crippen molar-refractivity contribution in [2.45, 2.75) is 45.1 Å². The molecule has 1 fully saturated rings. The van der Waals surface area contributed by atoms with Crippen LogP contribution in [0.15, 0.2) is 24.4 Å². The summed E-state index contributed by atoms with van der Waals surface area (Å²) in [6.07, 6.45) is 8.59. The standard InChI is InChI=1S/C15H21N3/c1-2-11-3-5-13(6-4-11)17-14-7-8-15-12(9-14)10-16-18-15/h7-11,13,17H,2-6H2,1H3,(H,16,18). The summed E-state index contributed by atoms with van der Waals surface area (Å²) in [5, 5.41) is 11.9. The highest BCUT2D eigenvalue weighted by Crippen LogP contribution is 2.29. The van der Waals surface area contributed by atoms with Gasteiger partial charge in [-0.05, 0) is 49.8 Å². The lowest BCUT2D eigenvalue weighted by Crippen LogP contribution is -2.25. The van der Waals surface area contributed by atoms with Crippen LogP contribution in [0.1, 0.15) is 39.0 Å². The SMILES string of the molecule is CCC1CCC(Nc2ccc3[nH]ncc3c2)CC1. The molecule has 2 aromatic rings. The lowest BCUT2D eigenvalue weighted by atomic mass is 9.84. The van der Waals surface area contributed by atoms with Crippen molar-refractivity contribution in [1.82, 2.24) is 10.2 Å². The Hall–Kier alpha value is -1.51. The molecule has 96 valence electrons. The molecule has 18 heavy (non-hydrogen) atoms. The van der Waals surface area contributed by atoms with Gasteiger partial charge in [0.15, 0.2) is 0 Å². The van der Waals surface area contributed by atoms with Crippen LogP contribution < -0.4 is 5.32 Å². The van der Waals surface area contributed by atoms with Gasteiger partial charge in [-0.25, -0.2) is 0 Å². The average Bonchev–Trinajstić information content (AvgIpc) is 2.87. The summed E-state index contributed by atoms with van der Waals surface area (Å²) in [6, 6.07) is 7.08. The zero-order chi connectivity index (χ0) is 12.4. The van der Waals surface area contributed by atoms with Gasteiger partial charge in [0.05, 0.1) is 11.7 Å². The minimum absolute atomic E-state index is 0.650. The monoisotopic (exact) mass is 243 g/mol. The van der Waals surface area contributed by atoms with Crippen molar-refractivity contribution in [1.29, 1.82) is 0 Å². The molecule has 1 heterocycles. The van der Waals surface area contributed by atoms with Crippen molar-refractivity contribution in [2.24, 2.45) is 5.92 Å². The molecule has 0 aliphatic heterocycles. The highest BCUT2D eigenvalue weighted by atomic mass is 15.1. The molecule has 3 heteroatoms. The van der Waals surface area contributed by atoms with Crippen LogP contribution in [0.25, 0.3) is 10.9 Å². The van der Waals surface area contributed by atoms with Gasteiger partial charge < -0.3 is 5.32 Å². The number of hydrogen-bond donors (Lipinski definition) is 2. The Morgan fingerprint density at radius 3 is 2.89 bits per heavy atom. The average molecular weight is 243 g/mol. The first-order chi connectivity index (χ1) is 8.85. The van der Waals surface area contributed by atoms with Gasteiger partial charge in [0, 0.05) is 17.1 Å². The highest BCUT2D eigenvalue weighted by molar-refractivity contribution is 5.81. The molecule has 0 atom stereocenters. The molecule has 1 aliphatic rings. The minimum atomic E-state index is 0.650. The van der Waals surface area contributed by atoms with Crippen LogP contribution >= 0.6 is 0 Å². The first kappa shape index (κ1) is 11.6. The Kier molecular flexibility index (Phi) is 3.22. The van der Waals surface area contributed by atoms with Gasteiger partial charge in [-0.2, -0.15) is 5.10 Å². The Labute approximate surface area is 108 Å². The van der Waals surface area contributed by atoms with Crippen molar-refractivity contribution >= 4 is 16.6 Å². The molecule has 0 radical (unpaired) electrons. The van der Waals surface area contributed by atoms with Gasteiger partial charge >= 0.3 is 0 Å². The van der Waals surface area contributed by atoms with Gasteiger partial charge in [0.1, 0.15) is 0 Å². The molecule has 1 aromatic heterocycles. The topological polar surface area (TPSA) is 40.7 Å². The number of rotatable bonds is 3. The van der Waals surface area contributed by atoms with Gasteiger partial charge in [-0.15, -0.1) is 0 Å². The first-order valence-electron chi connectivity index (χ1n) is 7.05. The largest absolute Gasteiger partial charge is 0.382 e. The highest BCUT2D eigenvalue weighted by Gasteiger charge is 2.19. The third kappa shape index (κ3) is 2.35. The predicted octanol–water partition coefficient (Wildman–Crippen LogP) is 3.94. The van der Waals surface area contributed by atoms with Gasteiger partial charge in [-0.1, -0.05) is 13.3 Å². The summed E-state index contributed by atoms with van der Waals surface area (Å²) in [5.41, 5.74) is 2.33.